The van der Waals surface area contributed by atoms with Crippen LogP contribution in [0.25, 0.3) is 5.69 Å². The van der Waals surface area contributed by atoms with Crippen LogP contribution in [0.2, 0.25) is 0 Å². The van der Waals surface area contributed by atoms with Gasteiger partial charge in [-0.25, -0.2) is 19.0 Å². The number of carbonyl (C=O) groups excluding carboxylic acids is 1. The number of hydrogen-bond donors (Lipinski definition) is 1. The van der Waals surface area contributed by atoms with Gasteiger partial charge in [-0.2, -0.15) is 0 Å². The van der Waals surface area contributed by atoms with Gasteiger partial charge in [0.05, 0.1) is 20.5 Å². The highest BCUT2D eigenvalue weighted by molar-refractivity contribution is 6.00. The first-order valence-corrected chi connectivity index (χ1v) is 7.85. The van der Waals surface area contributed by atoms with E-state index in [0.717, 1.165) is 0 Å². The molecule has 1 amide bonds. The third-order valence-electron chi connectivity index (χ3n) is 4.28. The van der Waals surface area contributed by atoms with Gasteiger partial charge in [-0.1, -0.05) is 18.2 Å². The number of anilines is 1. The van der Waals surface area contributed by atoms with E-state index in [-0.39, 0.29) is 29.8 Å². The van der Waals surface area contributed by atoms with E-state index in [2.05, 4.69) is 20.4 Å². The predicted molar refractivity (Wildman–Crippen MR) is 89.8 cm³/mol. The summed E-state index contributed by atoms with van der Waals surface area (Å²) in [5.74, 6) is -0.141. The SMILES string of the molecule is [2H]c1nc(C)nc([2H])c1-n1ccc(NC(=O)C2(c3ccccc3F)CC2)n1. The van der Waals surface area contributed by atoms with Gasteiger partial charge >= 0.3 is 0 Å². The molecular formula is C18H16FN5O. The van der Waals surface area contributed by atoms with Crippen molar-refractivity contribution in [3.8, 4) is 5.69 Å². The van der Waals surface area contributed by atoms with Gasteiger partial charge in [-0.3, -0.25) is 4.79 Å². The van der Waals surface area contributed by atoms with Crippen molar-refractivity contribution < 1.29 is 11.9 Å². The number of nitrogens with zero attached hydrogens (tertiary/aromatic N) is 4. The average molecular weight is 339 g/mol. The molecule has 0 saturated heterocycles. The van der Waals surface area contributed by atoms with E-state index in [0.29, 0.717) is 24.2 Å². The minimum Gasteiger partial charge on any atom is -0.308 e. The van der Waals surface area contributed by atoms with E-state index < -0.39 is 11.2 Å². The van der Waals surface area contributed by atoms with Crippen molar-refractivity contribution in [1.29, 1.82) is 0 Å². The Bertz CT molecular complexity index is 1020. The van der Waals surface area contributed by atoms with Crippen LogP contribution < -0.4 is 5.32 Å². The maximum absolute atomic E-state index is 14.1. The summed E-state index contributed by atoms with van der Waals surface area (Å²) in [7, 11) is 0. The zero-order valence-electron chi connectivity index (χ0n) is 15.5. The fourth-order valence-corrected chi connectivity index (χ4v) is 2.76. The molecule has 2 heterocycles. The van der Waals surface area contributed by atoms with Crippen LogP contribution in [0, 0.1) is 12.7 Å². The average Bonchev–Trinajstić information content (AvgIpc) is 3.29. The molecule has 1 aromatic carbocycles. The van der Waals surface area contributed by atoms with Crippen LogP contribution in [-0.4, -0.2) is 25.7 Å². The molecule has 1 fully saturated rings. The molecule has 0 radical (unpaired) electrons. The lowest BCUT2D eigenvalue weighted by Crippen LogP contribution is -2.29. The van der Waals surface area contributed by atoms with Crippen molar-refractivity contribution in [2.75, 3.05) is 5.32 Å². The molecule has 0 bridgehead atoms. The van der Waals surface area contributed by atoms with E-state index in [1.165, 1.54) is 16.9 Å². The Hall–Kier alpha value is -3.09. The summed E-state index contributed by atoms with van der Waals surface area (Å²) >= 11 is 0. The van der Waals surface area contributed by atoms with Gasteiger partial charge in [0.25, 0.3) is 0 Å². The van der Waals surface area contributed by atoms with Crippen molar-refractivity contribution in [3.05, 3.63) is 66.1 Å². The first kappa shape index (κ1) is 13.2. The molecule has 0 unspecified atom stereocenters. The minimum atomic E-state index is -0.872. The van der Waals surface area contributed by atoms with Crippen LogP contribution >= 0.6 is 0 Å². The lowest BCUT2D eigenvalue weighted by atomic mass is 9.94. The highest BCUT2D eigenvalue weighted by Gasteiger charge is 2.52. The van der Waals surface area contributed by atoms with Gasteiger partial charge < -0.3 is 5.32 Å². The number of halogens is 1. The topological polar surface area (TPSA) is 72.7 Å². The molecule has 0 aliphatic heterocycles. The van der Waals surface area contributed by atoms with Crippen LogP contribution in [0.4, 0.5) is 10.2 Å². The van der Waals surface area contributed by atoms with E-state index in [1.54, 1.807) is 31.2 Å². The molecule has 1 saturated carbocycles. The first-order valence-electron chi connectivity index (χ1n) is 8.85. The molecule has 2 aromatic heterocycles. The Morgan fingerprint density at radius 1 is 1.28 bits per heavy atom. The van der Waals surface area contributed by atoms with Gasteiger partial charge in [0.15, 0.2) is 5.82 Å². The number of carbonyl (C=O) groups is 1. The Morgan fingerprint density at radius 2 is 2.00 bits per heavy atom. The van der Waals surface area contributed by atoms with Crippen molar-refractivity contribution >= 4 is 11.7 Å². The second-order valence-electron chi connectivity index (χ2n) is 6.00. The fraction of sp³-hybridized carbons (Fsp3) is 0.222. The maximum atomic E-state index is 14.1. The molecule has 1 aliphatic rings. The third kappa shape index (κ3) is 2.77. The van der Waals surface area contributed by atoms with Gasteiger partial charge in [-0.15, -0.1) is 5.10 Å². The smallest absolute Gasteiger partial charge is 0.236 e. The monoisotopic (exact) mass is 339 g/mol. The molecule has 126 valence electrons. The summed E-state index contributed by atoms with van der Waals surface area (Å²) < 4.78 is 31.2. The zero-order valence-corrected chi connectivity index (χ0v) is 13.5. The van der Waals surface area contributed by atoms with E-state index in [4.69, 9.17) is 2.74 Å². The number of nitrogens with one attached hydrogen (secondary N) is 1. The molecule has 1 aliphatic carbocycles. The van der Waals surface area contributed by atoms with Crippen LogP contribution in [0.3, 0.4) is 0 Å². The summed E-state index contributed by atoms with van der Waals surface area (Å²) in [4.78, 5) is 20.6. The van der Waals surface area contributed by atoms with Gasteiger partial charge in [0, 0.05) is 17.8 Å². The molecular weight excluding hydrogens is 321 g/mol. The zero-order chi connectivity index (χ0) is 19.2. The van der Waals surface area contributed by atoms with E-state index in [9.17, 15) is 9.18 Å². The molecule has 1 N–H and O–H groups in total. The van der Waals surface area contributed by atoms with Crippen molar-refractivity contribution in [1.82, 2.24) is 19.7 Å². The van der Waals surface area contributed by atoms with E-state index in [1.807, 2.05) is 0 Å². The van der Waals surface area contributed by atoms with Crippen LogP contribution in [0.1, 0.15) is 27.0 Å². The van der Waals surface area contributed by atoms with Gasteiger partial charge in [-0.05, 0) is 25.8 Å². The largest absolute Gasteiger partial charge is 0.308 e. The van der Waals surface area contributed by atoms with Crippen LogP contribution in [-0.2, 0) is 10.2 Å². The maximum Gasteiger partial charge on any atom is 0.236 e. The second kappa shape index (κ2) is 5.77. The molecule has 6 nitrogen and oxygen atoms in total. The number of hydrogen-bond acceptors (Lipinski definition) is 4. The molecule has 3 aromatic rings. The van der Waals surface area contributed by atoms with E-state index >= 15 is 0 Å². The first-order chi connectivity index (χ1) is 12.9. The molecule has 4 rings (SSSR count). The van der Waals surface area contributed by atoms with Gasteiger partial charge in [0.2, 0.25) is 5.91 Å². The summed E-state index contributed by atoms with van der Waals surface area (Å²) in [5, 5.41) is 6.91. The lowest BCUT2D eigenvalue weighted by molar-refractivity contribution is -0.118. The quantitative estimate of drug-likeness (QED) is 0.793. The lowest BCUT2D eigenvalue weighted by Gasteiger charge is -2.15. The number of benzene rings is 1. The normalized spacial score (nSPS) is 16.1. The van der Waals surface area contributed by atoms with Crippen LogP contribution in [0.5, 0.6) is 0 Å². The molecule has 0 atom stereocenters. The Kier molecular flexibility index (Phi) is 3.05. The number of rotatable bonds is 4. The highest BCUT2D eigenvalue weighted by Crippen LogP contribution is 2.49. The molecule has 0 spiro atoms. The second-order valence-corrected chi connectivity index (χ2v) is 6.00. The highest BCUT2D eigenvalue weighted by atomic mass is 19.1. The molecule has 25 heavy (non-hydrogen) atoms. The number of aromatic nitrogens is 4. The fourth-order valence-electron chi connectivity index (χ4n) is 2.76. The van der Waals surface area contributed by atoms with Crippen molar-refractivity contribution in [3.63, 3.8) is 0 Å². The van der Waals surface area contributed by atoms with Crippen LogP contribution in [0.15, 0.2) is 48.9 Å². The summed E-state index contributed by atoms with van der Waals surface area (Å²) in [5.41, 5.74) is -0.365. The third-order valence-corrected chi connectivity index (χ3v) is 4.28. The van der Waals surface area contributed by atoms with Crippen molar-refractivity contribution in [2.24, 2.45) is 0 Å². The predicted octanol–water partition coefficient (Wildman–Crippen LogP) is 2.78. The summed E-state index contributed by atoms with van der Waals surface area (Å²) in [6, 6.07) is 7.83. The summed E-state index contributed by atoms with van der Waals surface area (Å²) in [6.07, 6.45) is 2.40. The van der Waals surface area contributed by atoms with Crippen molar-refractivity contribution in [2.45, 2.75) is 25.2 Å². The molecule has 7 heteroatoms. The van der Waals surface area contributed by atoms with Gasteiger partial charge in [0.1, 0.15) is 17.3 Å². The Balaban J connectivity index is 1.59. The standard InChI is InChI=1S/C18H16FN5O/c1-12-20-10-13(11-21-12)24-9-6-16(23-24)22-17(25)18(7-8-18)14-4-2-3-5-15(14)19/h2-6,9-11H,7-8H2,1H3,(H,22,23,25)/i10D,11D. The Labute approximate surface area is 146 Å². The number of amides is 1. The number of aryl methyl sites for hydroxylation is 1. The minimum absolute atomic E-state index is 0.122. The summed E-state index contributed by atoms with van der Waals surface area (Å²) in [6.45, 7) is 1.60. The Morgan fingerprint density at radius 3 is 2.68 bits per heavy atom.